The lowest BCUT2D eigenvalue weighted by Gasteiger charge is -2.27. The number of likely N-dealkylation sites (tertiary alicyclic amines) is 1. The van der Waals surface area contributed by atoms with Crippen molar-refractivity contribution in [1.29, 1.82) is 0 Å². The number of hydrogen-bond donors (Lipinski definition) is 2. The molecule has 0 radical (unpaired) electrons. The van der Waals surface area contributed by atoms with Gasteiger partial charge in [-0.05, 0) is 37.7 Å². The highest BCUT2D eigenvalue weighted by Gasteiger charge is 2.54. The first-order chi connectivity index (χ1) is 16.4. The Balaban J connectivity index is 1.24. The molecule has 1 aliphatic heterocycles. The van der Waals surface area contributed by atoms with Gasteiger partial charge in [0.2, 0.25) is 0 Å². The van der Waals surface area contributed by atoms with Gasteiger partial charge in [0.05, 0.1) is 16.6 Å². The van der Waals surface area contributed by atoms with Crippen LogP contribution in [0, 0.1) is 25.7 Å². The van der Waals surface area contributed by atoms with Gasteiger partial charge in [0.1, 0.15) is 11.4 Å². The summed E-state index contributed by atoms with van der Waals surface area (Å²) in [5.74, 6) is 0.620. The number of piperidine rings is 1. The van der Waals surface area contributed by atoms with E-state index in [4.69, 9.17) is 5.73 Å². The van der Waals surface area contributed by atoms with E-state index in [-0.39, 0.29) is 17.9 Å². The number of imidazole rings is 1. The van der Waals surface area contributed by atoms with Crippen molar-refractivity contribution in [3.63, 3.8) is 0 Å². The summed E-state index contributed by atoms with van der Waals surface area (Å²) in [5.41, 5.74) is 9.75. The number of carbonyl (C=O) groups is 2. The molecule has 6 rings (SSSR count). The summed E-state index contributed by atoms with van der Waals surface area (Å²) < 4.78 is 1.82. The lowest BCUT2D eigenvalue weighted by molar-refractivity contribution is 0.0690. The largest absolute Gasteiger partial charge is 0.375 e. The third-order valence-electron chi connectivity index (χ3n) is 6.81. The summed E-state index contributed by atoms with van der Waals surface area (Å²) >= 11 is 2.83. The van der Waals surface area contributed by atoms with Gasteiger partial charge in [0, 0.05) is 24.7 Å². The maximum absolute atomic E-state index is 13.7. The van der Waals surface area contributed by atoms with Crippen LogP contribution in [-0.4, -0.2) is 50.2 Å². The van der Waals surface area contributed by atoms with Crippen LogP contribution in [-0.2, 0) is 0 Å². The number of rotatable bonds is 5. The van der Waals surface area contributed by atoms with Crippen molar-refractivity contribution in [2.75, 3.05) is 18.8 Å². The van der Waals surface area contributed by atoms with E-state index >= 15 is 0 Å². The topological polar surface area (TPSA) is 106 Å². The molecule has 3 N–H and O–H groups in total. The van der Waals surface area contributed by atoms with Crippen LogP contribution in [0.1, 0.15) is 38.7 Å². The fourth-order valence-corrected chi connectivity index (χ4v) is 6.69. The number of anilines is 1. The Morgan fingerprint density at radius 3 is 2.94 bits per heavy atom. The minimum absolute atomic E-state index is 0.0547. The Kier molecular flexibility index (Phi) is 4.96. The van der Waals surface area contributed by atoms with E-state index in [9.17, 15) is 9.59 Å². The zero-order valence-corrected chi connectivity index (χ0v) is 20.4. The van der Waals surface area contributed by atoms with Gasteiger partial charge in [0.15, 0.2) is 10.1 Å². The molecule has 1 saturated carbocycles. The second-order valence-electron chi connectivity index (χ2n) is 9.10. The Morgan fingerprint density at radius 2 is 2.12 bits per heavy atom. The molecule has 10 heteroatoms. The Bertz CT molecular complexity index is 1440. The smallest absolute Gasteiger partial charge is 0.274 e. The lowest BCUT2D eigenvalue weighted by atomic mass is 10.1. The van der Waals surface area contributed by atoms with Crippen molar-refractivity contribution in [3.8, 4) is 10.4 Å². The number of thiazole rings is 2. The van der Waals surface area contributed by atoms with E-state index in [0.29, 0.717) is 47.1 Å². The molecule has 1 aromatic carbocycles. The van der Waals surface area contributed by atoms with Crippen LogP contribution in [0.4, 0.5) is 5.13 Å². The SMILES string of the molecule is Cc1cccc(-c2sc(N)nc2C(=O)N2C[C@@H]3C[C@@H]3[C@H]2CNC(=O)c2c(C)nc3sccn23)c1. The molecule has 34 heavy (non-hydrogen) atoms. The van der Waals surface area contributed by atoms with E-state index in [1.807, 2.05) is 59.0 Å². The minimum Gasteiger partial charge on any atom is -0.375 e. The zero-order valence-electron chi connectivity index (χ0n) is 18.8. The van der Waals surface area contributed by atoms with Gasteiger partial charge < -0.3 is 16.0 Å². The van der Waals surface area contributed by atoms with E-state index in [2.05, 4.69) is 15.3 Å². The summed E-state index contributed by atoms with van der Waals surface area (Å²) in [6, 6.07) is 7.97. The molecule has 4 aromatic rings. The van der Waals surface area contributed by atoms with Crippen LogP contribution >= 0.6 is 22.7 Å². The summed E-state index contributed by atoms with van der Waals surface area (Å²) in [4.78, 5) is 39.1. The maximum atomic E-state index is 13.7. The minimum atomic E-state index is -0.168. The molecule has 3 atom stereocenters. The van der Waals surface area contributed by atoms with E-state index < -0.39 is 0 Å². The summed E-state index contributed by atoms with van der Waals surface area (Å²) in [7, 11) is 0. The number of aromatic nitrogens is 3. The van der Waals surface area contributed by atoms with Gasteiger partial charge in [0.25, 0.3) is 11.8 Å². The average molecular weight is 493 g/mol. The van der Waals surface area contributed by atoms with Gasteiger partial charge in [-0.3, -0.25) is 14.0 Å². The van der Waals surface area contributed by atoms with E-state index in [1.165, 1.54) is 22.7 Å². The summed E-state index contributed by atoms with van der Waals surface area (Å²) in [6.07, 6.45) is 2.95. The molecule has 0 spiro atoms. The van der Waals surface area contributed by atoms with Crippen molar-refractivity contribution >= 4 is 44.6 Å². The van der Waals surface area contributed by atoms with Gasteiger partial charge in [-0.25, -0.2) is 9.97 Å². The number of fused-ring (bicyclic) bond motifs is 2. The average Bonchev–Trinajstić information content (AvgIpc) is 3.14. The van der Waals surface area contributed by atoms with Crippen LogP contribution in [0.25, 0.3) is 15.4 Å². The molecule has 3 aromatic heterocycles. The number of amides is 2. The van der Waals surface area contributed by atoms with Crippen molar-refractivity contribution < 1.29 is 9.59 Å². The normalized spacial score (nSPS) is 21.1. The molecule has 4 heterocycles. The third-order valence-corrected chi connectivity index (χ3v) is 8.50. The van der Waals surface area contributed by atoms with Crippen molar-refractivity contribution in [2.24, 2.45) is 11.8 Å². The summed E-state index contributed by atoms with van der Waals surface area (Å²) in [6.45, 7) is 4.96. The van der Waals surface area contributed by atoms with Gasteiger partial charge in [-0.1, -0.05) is 41.2 Å². The molecule has 2 fully saturated rings. The number of hydrogen-bond acceptors (Lipinski definition) is 7. The molecular weight excluding hydrogens is 468 g/mol. The number of nitrogens with one attached hydrogen (secondary N) is 1. The molecule has 0 unspecified atom stereocenters. The number of aryl methyl sites for hydroxylation is 2. The fraction of sp³-hybridized carbons (Fsp3) is 0.333. The van der Waals surface area contributed by atoms with Crippen LogP contribution in [0.5, 0.6) is 0 Å². The van der Waals surface area contributed by atoms with Crippen LogP contribution in [0.2, 0.25) is 0 Å². The van der Waals surface area contributed by atoms with Gasteiger partial charge >= 0.3 is 0 Å². The zero-order chi connectivity index (χ0) is 23.6. The maximum Gasteiger partial charge on any atom is 0.274 e. The predicted octanol–water partition coefficient (Wildman–Crippen LogP) is 3.61. The van der Waals surface area contributed by atoms with Crippen molar-refractivity contribution in [2.45, 2.75) is 26.3 Å². The number of benzene rings is 1. The quantitative estimate of drug-likeness (QED) is 0.443. The first kappa shape index (κ1) is 21.3. The van der Waals surface area contributed by atoms with Gasteiger partial charge in [-0.15, -0.1) is 11.3 Å². The monoisotopic (exact) mass is 492 g/mol. The first-order valence-electron chi connectivity index (χ1n) is 11.3. The standard InChI is InChI=1S/C24H24N6O2S2/c1-12-4-3-5-14(8-12)20-18(28-23(25)34-20)22(32)30-11-15-9-16(15)17(30)10-26-21(31)19-13(2)27-24-29(19)6-7-33-24/h3-8,15-17H,9-11H2,1-2H3,(H2,25,28)(H,26,31)/t15-,16-,17+/m0/s1. The Morgan fingerprint density at radius 1 is 1.26 bits per heavy atom. The predicted molar refractivity (Wildman–Crippen MR) is 133 cm³/mol. The number of nitrogens with zero attached hydrogens (tertiary/aromatic N) is 4. The molecule has 1 saturated heterocycles. The fourth-order valence-electron chi connectivity index (χ4n) is 5.11. The summed E-state index contributed by atoms with van der Waals surface area (Å²) in [5, 5.41) is 5.36. The second kappa shape index (κ2) is 7.92. The number of carbonyl (C=O) groups excluding carboxylic acids is 2. The van der Waals surface area contributed by atoms with Crippen LogP contribution in [0.3, 0.4) is 0 Å². The third kappa shape index (κ3) is 3.48. The Hall–Kier alpha value is -3.24. The number of nitrogen functional groups attached to an aromatic ring is 1. The highest BCUT2D eigenvalue weighted by molar-refractivity contribution is 7.19. The van der Waals surface area contributed by atoms with Crippen LogP contribution < -0.4 is 11.1 Å². The molecule has 2 amide bonds. The lowest BCUT2D eigenvalue weighted by Crippen LogP contribution is -2.46. The molecule has 8 nitrogen and oxygen atoms in total. The highest BCUT2D eigenvalue weighted by Crippen LogP contribution is 2.50. The van der Waals surface area contributed by atoms with Crippen molar-refractivity contribution in [1.82, 2.24) is 24.6 Å². The highest BCUT2D eigenvalue weighted by atomic mass is 32.1. The molecule has 0 bridgehead atoms. The van der Waals surface area contributed by atoms with Crippen LogP contribution in [0.15, 0.2) is 35.8 Å². The molecule has 1 aliphatic carbocycles. The van der Waals surface area contributed by atoms with E-state index in [0.717, 1.165) is 27.4 Å². The first-order valence-corrected chi connectivity index (χ1v) is 12.9. The molecular formula is C24H24N6O2S2. The molecule has 174 valence electrons. The second-order valence-corrected chi connectivity index (χ2v) is 11.0. The van der Waals surface area contributed by atoms with Crippen molar-refractivity contribution in [3.05, 3.63) is 58.5 Å². The van der Waals surface area contributed by atoms with E-state index in [1.54, 1.807) is 0 Å². The Labute approximate surface area is 204 Å². The molecule has 2 aliphatic rings. The van der Waals surface area contributed by atoms with Gasteiger partial charge in [-0.2, -0.15) is 0 Å². The number of nitrogens with two attached hydrogens (primary N) is 1.